The summed E-state index contributed by atoms with van der Waals surface area (Å²) in [4.78, 5) is 11.7. The van der Waals surface area contributed by atoms with E-state index < -0.39 is 12.6 Å². The minimum atomic E-state index is -2.95. The quantitative estimate of drug-likeness (QED) is 0.750. The van der Waals surface area contributed by atoms with Gasteiger partial charge in [-0.05, 0) is 25.0 Å². The second-order valence-corrected chi connectivity index (χ2v) is 4.84. The van der Waals surface area contributed by atoms with Gasteiger partial charge in [0.05, 0.1) is 12.3 Å². The lowest BCUT2D eigenvalue weighted by Gasteiger charge is -2.15. The van der Waals surface area contributed by atoms with E-state index >= 15 is 0 Å². The number of rotatable bonds is 6. The van der Waals surface area contributed by atoms with Crippen LogP contribution in [0.25, 0.3) is 0 Å². The van der Waals surface area contributed by atoms with Crippen LogP contribution in [0.2, 0.25) is 0 Å². The Morgan fingerprint density at radius 1 is 1.40 bits per heavy atom. The zero-order valence-corrected chi connectivity index (χ0v) is 10.7. The monoisotopic (exact) mass is 286 g/mol. The molecule has 0 aliphatic heterocycles. The highest BCUT2D eigenvalue weighted by molar-refractivity contribution is 5.90. The summed E-state index contributed by atoms with van der Waals surface area (Å²) in [5.74, 6) is -0.0963. The number of aliphatic hydroxyl groups excluding tert-OH is 1. The predicted octanol–water partition coefficient (Wildman–Crippen LogP) is 2.18. The van der Waals surface area contributed by atoms with Crippen LogP contribution in [0.4, 0.5) is 19.3 Å². The summed E-state index contributed by atoms with van der Waals surface area (Å²) in [7, 11) is 0. The van der Waals surface area contributed by atoms with Crippen molar-refractivity contribution in [1.29, 1.82) is 0 Å². The van der Waals surface area contributed by atoms with Crippen molar-refractivity contribution in [1.82, 2.24) is 5.32 Å². The highest BCUT2D eigenvalue weighted by atomic mass is 19.3. The third-order valence-corrected chi connectivity index (χ3v) is 3.27. The molecule has 110 valence electrons. The lowest BCUT2D eigenvalue weighted by atomic mass is 10.1. The Morgan fingerprint density at radius 2 is 2.10 bits per heavy atom. The zero-order valence-electron chi connectivity index (χ0n) is 10.7. The summed E-state index contributed by atoms with van der Waals surface area (Å²) in [6.45, 7) is -2.57. The molecule has 0 aromatic heterocycles. The summed E-state index contributed by atoms with van der Waals surface area (Å²) in [5.41, 5.74) is -0.0461. The van der Waals surface area contributed by atoms with Gasteiger partial charge in [0.15, 0.2) is 0 Å². The summed E-state index contributed by atoms with van der Waals surface area (Å²) in [6.07, 6.45) is 1.74. The molecule has 0 atom stereocenters. The highest BCUT2D eigenvalue weighted by Gasteiger charge is 2.42. The summed E-state index contributed by atoms with van der Waals surface area (Å²) in [6, 6.07) is 5.43. The van der Waals surface area contributed by atoms with E-state index in [4.69, 9.17) is 5.11 Å². The number of nitrogens with one attached hydrogen (secondary N) is 2. The number of aliphatic hydroxyl groups is 1. The van der Waals surface area contributed by atoms with E-state index in [0.717, 1.165) is 12.8 Å². The number of para-hydroxylation sites is 2. The Morgan fingerprint density at radius 3 is 2.70 bits per heavy atom. The second-order valence-electron chi connectivity index (χ2n) is 4.84. The SMILES string of the molecule is O=C(NCC1(CO)CC1)Nc1ccccc1OC(F)F. The molecule has 2 rings (SSSR count). The number of anilines is 1. The molecule has 0 heterocycles. The molecule has 5 nitrogen and oxygen atoms in total. The molecule has 1 aromatic carbocycles. The average molecular weight is 286 g/mol. The maximum Gasteiger partial charge on any atom is 0.387 e. The molecule has 0 saturated heterocycles. The van der Waals surface area contributed by atoms with Crippen LogP contribution in [-0.2, 0) is 0 Å². The number of carbonyl (C=O) groups is 1. The van der Waals surface area contributed by atoms with Gasteiger partial charge < -0.3 is 20.5 Å². The molecule has 7 heteroatoms. The fourth-order valence-electron chi connectivity index (χ4n) is 1.77. The van der Waals surface area contributed by atoms with Crippen LogP contribution in [0.5, 0.6) is 5.75 Å². The van der Waals surface area contributed by atoms with E-state index in [1.54, 1.807) is 6.07 Å². The standard InChI is InChI=1S/C13H16F2N2O3/c14-11(15)20-10-4-2-1-3-9(10)17-12(19)16-7-13(8-18)5-6-13/h1-4,11,18H,5-8H2,(H2,16,17,19). The van der Waals surface area contributed by atoms with Crippen molar-refractivity contribution in [2.45, 2.75) is 19.5 Å². The molecule has 0 radical (unpaired) electrons. The smallest absolute Gasteiger partial charge is 0.387 e. The first-order valence-electron chi connectivity index (χ1n) is 6.24. The van der Waals surface area contributed by atoms with Crippen molar-refractivity contribution in [2.24, 2.45) is 5.41 Å². The summed E-state index contributed by atoms with van der Waals surface area (Å²) in [5, 5.41) is 14.2. The maximum atomic E-state index is 12.2. The number of alkyl halides is 2. The number of halogens is 2. The molecule has 0 bridgehead atoms. The van der Waals surface area contributed by atoms with Gasteiger partial charge in [0.1, 0.15) is 5.75 Å². The second kappa shape index (κ2) is 6.04. The number of ether oxygens (including phenoxy) is 1. The molecule has 1 fully saturated rings. The van der Waals surface area contributed by atoms with E-state index in [2.05, 4.69) is 15.4 Å². The minimum Gasteiger partial charge on any atom is -0.433 e. The first kappa shape index (κ1) is 14.5. The molecule has 1 aliphatic rings. The van der Waals surface area contributed by atoms with Crippen LogP contribution in [0.15, 0.2) is 24.3 Å². The first-order chi connectivity index (χ1) is 9.54. The topological polar surface area (TPSA) is 70.6 Å². The third-order valence-electron chi connectivity index (χ3n) is 3.27. The summed E-state index contributed by atoms with van der Waals surface area (Å²) < 4.78 is 28.7. The van der Waals surface area contributed by atoms with E-state index in [-0.39, 0.29) is 23.5 Å². The highest BCUT2D eigenvalue weighted by Crippen LogP contribution is 2.44. The van der Waals surface area contributed by atoms with Crippen LogP contribution in [0, 0.1) is 5.41 Å². The van der Waals surface area contributed by atoms with Gasteiger partial charge in [-0.2, -0.15) is 8.78 Å². The van der Waals surface area contributed by atoms with Crippen molar-refractivity contribution in [3.8, 4) is 5.75 Å². The van der Waals surface area contributed by atoms with Crippen LogP contribution >= 0.6 is 0 Å². The van der Waals surface area contributed by atoms with Crippen molar-refractivity contribution < 1.29 is 23.4 Å². The lowest BCUT2D eigenvalue weighted by molar-refractivity contribution is -0.0493. The molecule has 0 unspecified atom stereocenters. The number of amides is 2. The molecule has 1 aromatic rings. The number of urea groups is 1. The van der Waals surface area contributed by atoms with Gasteiger partial charge in [-0.15, -0.1) is 0 Å². The lowest BCUT2D eigenvalue weighted by Crippen LogP contribution is -2.35. The fraction of sp³-hybridized carbons (Fsp3) is 0.462. The number of hydrogen-bond acceptors (Lipinski definition) is 3. The molecule has 1 aliphatic carbocycles. The van der Waals surface area contributed by atoms with Gasteiger partial charge in [-0.3, -0.25) is 0 Å². The number of hydrogen-bond donors (Lipinski definition) is 3. The predicted molar refractivity (Wildman–Crippen MR) is 68.8 cm³/mol. The molecule has 3 N–H and O–H groups in total. The zero-order chi connectivity index (χ0) is 14.6. The summed E-state index contributed by atoms with van der Waals surface area (Å²) >= 11 is 0. The Hall–Kier alpha value is -1.89. The van der Waals surface area contributed by atoms with Crippen LogP contribution in [0.1, 0.15) is 12.8 Å². The molecule has 0 spiro atoms. The first-order valence-corrected chi connectivity index (χ1v) is 6.24. The van der Waals surface area contributed by atoms with Crippen LogP contribution < -0.4 is 15.4 Å². The van der Waals surface area contributed by atoms with E-state index in [1.165, 1.54) is 18.2 Å². The Bertz CT molecular complexity index is 478. The van der Waals surface area contributed by atoms with Crippen LogP contribution in [0.3, 0.4) is 0 Å². The van der Waals surface area contributed by atoms with Gasteiger partial charge in [0.25, 0.3) is 0 Å². The molecule has 1 saturated carbocycles. The Kier molecular flexibility index (Phi) is 4.39. The van der Waals surface area contributed by atoms with Crippen molar-refractivity contribution in [3.63, 3.8) is 0 Å². The van der Waals surface area contributed by atoms with Crippen LogP contribution in [-0.4, -0.2) is 30.9 Å². The fourth-order valence-corrected chi connectivity index (χ4v) is 1.77. The Balaban J connectivity index is 1.90. The van der Waals surface area contributed by atoms with Crippen molar-refractivity contribution in [2.75, 3.05) is 18.5 Å². The largest absolute Gasteiger partial charge is 0.433 e. The van der Waals surface area contributed by atoms with Crippen molar-refractivity contribution >= 4 is 11.7 Å². The average Bonchev–Trinajstić information content (AvgIpc) is 3.19. The number of benzene rings is 1. The minimum absolute atomic E-state index is 0.0262. The van der Waals surface area contributed by atoms with E-state index in [0.29, 0.717) is 6.54 Å². The molecular formula is C13H16F2N2O3. The molecule has 20 heavy (non-hydrogen) atoms. The van der Waals surface area contributed by atoms with Gasteiger partial charge in [-0.25, -0.2) is 4.79 Å². The number of carbonyl (C=O) groups excluding carboxylic acids is 1. The Labute approximate surface area is 114 Å². The van der Waals surface area contributed by atoms with Gasteiger partial charge in [0.2, 0.25) is 0 Å². The third kappa shape index (κ3) is 3.80. The van der Waals surface area contributed by atoms with Gasteiger partial charge in [0, 0.05) is 12.0 Å². The maximum absolute atomic E-state index is 12.2. The van der Waals surface area contributed by atoms with E-state index in [9.17, 15) is 13.6 Å². The van der Waals surface area contributed by atoms with Gasteiger partial charge in [-0.1, -0.05) is 12.1 Å². The molecule has 2 amide bonds. The van der Waals surface area contributed by atoms with Crippen molar-refractivity contribution in [3.05, 3.63) is 24.3 Å². The van der Waals surface area contributed by atoms with E-state index in [1.807, 2.05) is 0 Å². The van der Waals surface area contributed by atoms with Gasteiger partial charge >= 0.3 is 12.6 Å². The normalized spacial score (nSPS) is 15.8. The molecular weight excluding hydrogens is 270 g/mol.